The number of likely N-dealkylation sites (N-methyl/N-ethyl adjacent to an activating group) is 1. The molecule has 4 heteroatoms. The minimum Gasteiger partial charge on any atom is -0.480 e. The second-order valence-electron chi connectivity index (χ2n) is 3.10. The average Bonchev–Trinajstić information content (AvgIpc) is 2.18. The highest BCUT2D eigenvalue weighted by Gasteiger charge is 2.45. The van der Waals surface area contributed by atoms with Crippen molar-refractivity contribution in [3.8, 4) is 0 Å². The van der Waals surface area contributed by atoms with Crippen LogP contribution < -0.4 is 0 Å². The van der Waals surface area contributed by atoms with Crippen LogP contribution in [-0.2, 0) is 9.53 Å². The second kappa shape index (κ2) is 2.46. The van der Waals surface area contributed by atoms with Gasteiger partial charge >= 0.3 is 5.97 Å². The predicted octanol–water partition coefficient (Wildman–Crippen LogP) is 0.138. The molecule has 0 saturated carbocycles. The number of ether oxygens (including phenoxy) is 1. The Kier molecular flexibility index (Phi) is 1.90. The van der Waals surface area contributed by atoms with Gasteiger partial charge in [0, 0.05) is 0 Å². The minimum atomic E-state index is -0.848. The third-order valence-corrected chi connectivity index (χ3v) is 2.39. The quantitative estimate of drug-likeness (QED) is 0.591. The lowest BCUT2D eigenvalue weighted by Crippen LogP contribution is -2.49. The Morgan fingerprint density at radius 3 is 2.55 bits per heavy atom. The summed E-state index contributed by atoms with van der Waals surface area (Å²) in [4.78, 5) is 12.5. The monoisotopic (exact) mass is 159 g/mol. The molecule has 0 aromatic rings. The highest BCUT2D eigenvalue weighted by atomic mass is 16.5. The molecule has 1 rings (SSSR count). The van der Waals surface area contributed by atoms with E-state index >= 15 is 0 Å². The zero-order valence-electron chi connectivity index (χ0n) is 7.00. The number of aliphatic carboxylic acids is 1. The molecule has 1 aliphatic heterocycles. The molecule has 0 radical (unpaired) electrons. The molecule has 0 aromatic carbocycles. The van der Waals surface area contributed by atoms with E-state index in [1.807, 2.05) is 6.92 Å². The molecule has 0 aromatic heterocycles. The summed E-state index contributed by atoms with van der Waals surface area (Å²) in [5, 5.41) is 8.84. The van der Waals surface area contributed by atoms with Crippen LogP contribution >= 0.6 is 0 Å². The summed E-state index contributed by atoms with van der Waals surface area (Å²) in [6, 6.07) is 0. The minimum absolute atomic E-state index is 0.101. The summed E-state index contributed by atoms with van der Waals surface area (Å²) >= 11 is 0. The number of rotatable bonds is 1. The lowest BCUT2D eigenvalue weighted by molar-refractivity contribution is -0.147. The first-order chi connectivity index (χ1) is 4.98. The molecule has 1 N–H and O–H groups in total. The Morgan fingerprint density at radius 2 is 2.36 bits per heavy atom. The van der Waals surface area contributed by atoms with Crippen LogP contribution in [0.1, 0.15) is 13.8 Å². The lowest BCUT2D eigenvalue weighted by Gasteiger charge is -2.26. The van der Waals surface area contributed by atoms with Gasteiger partial charge in [-0.1, -0.05) is 0 Å². The van der Waals surface area contributed by atoms with Gasteiger partial charge in [-0.2, -0.15) is 0 Å². The first-order valence-corrected chi connectivity index (χ1v) is 3.56. The Balaban J connectivity index is 2.81. The summed E-state index contributed by atoms with van der Waals surface area (Å²) in [5.41, 5.74) is -0.848. The zero-order valence-corrected chi connectivity index (χ0v) is 7.00. The topological polar surface area (TPSA) is 49.8 Å². The van der Waals surface area contributed by atoms with E-state index in [1.54, 1.807) is 18.9 Å². The van der Waals surface area contributed by atoms with Crippen LogP contribution in [0, 0.1) is 0 Å². The van der Waals surface area contributed by atoms with Crippen LogP contribution in [0.5, 0.6) is 0 Å². The van der Waals surface area contributed by atoms with Crippen molar-refractivity contribution in [1.82, 2.24) is 4.90 Å². The van der Waals surface area contributed by atoms with Gasteiger partial charge in [0.05, 0.1) is 6.61 Å². The fraction of sp³-hybridized carbons (Fsp3) is 0.857. The van der Waals surface area contributed by atoms with Crippen molar-refractivity contribution in [1.29, 1.82) is 0 Å². The van der Waals surface area contributed by atoms with E-state index in [0.29, 0.717) is 0 Å². The highest BCUT2D eigenvalue weighted by molar-refractivity contribution is 5.78. The van der Waals surface area contributed by atoms with Crippen LogP contribution in [-0.4, -0.2) is 41.4 Å². The molecule has 1 heterocycles. The van der Waals surface area contributed by atoms with Gasteiger partial charge in [0.1, 0.15) is 11.8 Å². The Bertz CT molecular complexity index is 183. The number of hydrogen-bond acceptors (Lipinski definition) is 3. The summed E-state index contributed by atoms with van der Waals surface area (Å²) < 4.78 is 5.19. The van der Waals surface area contributed by atoms with Gasteiger partial charge in [0.15, 0.2) is 0 Å². The van der Waals surface area contributed by atoms with Gasteiger partial charge in [0.2, 0.25) is 0 Å². The first kappa shape index (κ1) is 8.49. The van der Waals surface area contributed by atoms with Crippen molar-refractivity contribution in [2.75, 3.05) is 13.7 Å². The third-order valence-electron chi connectivity index (χ3n) is 2.39. The Hall–Kier alpha value is -0.610. The maximum atomic E-state index is 10.8. The maximum absolute atomic E-state index is 10.8. The molecule has 64 valence electrons. The van der Waals surface area contributed by atoms with Gasteiger partial charge in [-0.15, -0.1) is 0 Å². The number of nitrogens with zero attached hydrogens (tertiary/aromatic N) is 1. The molecule has 4 nitrogen and oxygen atoms in total. The number of hydrogen-bond donors (Lipinski definition) is 1. The lowest BCUT2D eigenvalue weighted by atomic mass is 10.0. The Morgan fingerprint density at radius 1 is 1.82 bits per heavy atom. The maximum Gasteiger partial charge on any atom is 0.326 e. The van der Waals surface area contributed by atoms with Crippen LogP contribution in [0.4, 0.5) is 0 Å². The molecular weight excluding hydrogens is 146 g/mol. The van der Waals surface area contributed by atoms with E-state index in [4.69, 9.17) is 9.84 Å². The molecule has 0 bridgehead atoms. The largest absolute Gasteiger partial charge is 0.480 e. The van der Waals surface area contributed by atoms with E-state index in [-0.39, 0.29) is 12.8 Å². The van der Waals surface area contributed by atoms with Crippen LogP contribution in [0.2, 0.25) is 0 Å². The van der Waals surface area contributed by atoms with Gasteiger partial charge < -0.3 is 9.84 Å². The smallest absolute Gasteiger partial charge is 0.326 e. The van der Waals surface area contributed by atoms with Crippen molar-refractivity contribution in [2.24, 2.45) is 0 Å². The van der Waals surface area contributed by atoms with E-state index in [0.717, 1.165) is 0 Å². The highest BCUT2D eigenvalue weighted by Crippen LogP contribution is 2.24. The molecule has 0 amide bonds. The second-order valence-corrected chi connectivity index (χ2v) is 3.10. The first-order valence-electron chi connectivity index (χ1n) is 3.56. The summed E-state index contributed by atoms with van der Waals surface area (Å²) in [6.07, 6.45) is -0.101. The van der Waals surface area contributed by atoms with Gasteiger partial charge in [0.25, 0.3) is 0 Å². The van der Waals surface area contributed by atoms with Crippen molar-refractivity contribution in [2.45, 2.75) is 25.6 Å². The standard InChI is InChI=1S/C7H13NO3/c1-5-8(3)7(2,4-11-5)6(9)10/h5H,4H2,1-3H3,(H,9,10). The molecule has 11 heavy (non-hydrogen) atoms. The third kappa shape index (κ3) is 1.12. The number of carbonyl (C=O) groups is 1. The van der Waals surface area contributed by atoms with E-state index in [2.05, 4.69) is 0 Å². The van der Waals surface area contributed by atoms with Crippen molar-refractivity contribution < 1.29 is 14.6 Å². The fourth-order valence-corrected chi connectivity index (χ4v) is 1.11. The van der Waals surface area contributed by atoms with Crippen molar-refractivity contribution in [3.05, 3.63) is 0 Å². The Labute approximate surface area is 65.8 Å². The van der Waals surface area contributed by atoms with Crippen LogP contribution in [0.25, 0.3) is 0 Å². The summed E-state index contributed by atoms with van der Waals surface area (Å²) in [5.74, 6) is -0.829. The van der Waals surface area contributed by atoms with Gasteiger partial charge in [-0.05, 0) is 20.9 Å². The van der Waals surface area contributed by atoms with E-state index in [9.17, 15) is 4.79 Å². The van der Waals surface area contributed by atoms with Crippen LogP contribution in [0.15, 0.2) is 0 Å². The molecule has 0 aliphatic carbocycles. The SMILES string of the molecule is CC1OCC(C)(C(=O)O)N1C. The van der Waals surface area contributed by atoms with E-state index in [1.165, 1.54) is 0 Å². The average molecular weight is 159 g/mol. The van der Waals surface area contributed by atoms with Gasteiger partial charge in [-0.25, -0.2) is 0 Å². The summed E-state index contributed by atoms with van der Waals surface area (Å²) in [7, 11) is 1.76. The predicted molar refractivity (Wildman–Crippen MR) is 39.2 cm³/mol. The van der Waals surface area contributed by atoms with Crippen molar-refractivity contribution >= 4 is 5.97 Å². The van der Waals surface area contributed by atoms with Crippen LogP contribution in [0.3, 0.4) is 0 Å². The molecule has 1 saturated heterocycles. The normalized spacial score (nSPS) is 39.4. The fourth-order valence-electron chi connectivity index (χ4n) is 1.11. The molecule has 2 atom stereocenters. The molecular formula is C7H13NO3. The molecule has 1 aliphatic rings. The van der Waals surface area contributed by atoms with Crippen molar-refractivity contribution in [3.63, 3.8) is 0 Å². The molecule has 2 unspecified atom stereocenters. The molecule has 0 spiro atoms. The number of carboxylic acid groups (broad SMARTS) is 1. The van der Waals surface area contributed by atoms with E-state index < -0.39 is 11.5 Å². The summed E-state index contributed by atoms with van der Waals surface area (Å²) in [6.45, 7) is 3.77. The number of carboxylic acids is 1. The zero-order chi connectivity index (χ0) is 8.65. The van der Waals surface area contributed by atoms with Gasteiger partial charge in [-0.3, -0.25) is 9.69 Å². The molecule has 1 fully saturated rings.